The number of pyridine rings is 1. The van der Waals surface area contributed by atoms with Crippen molar-refractivity contribution in [3.8, 4) is 0 Å². The quantitative estimate of drug-likeness (QED) is 0.661. The van der Waals surface area contributed by atoms with Crippen LogP contribution in [0.15, 0.2) is 24.5 Å². The number of aliphatic hydroxyl groups excluding tert-OH is 1. The van der Waals surface area contributed by atoms with Crippen LogP contribution < -0.4 is 5.73 Å². The number of hydrogen-bond acceptors (Lipinski definition) is 3. The average Bonchev–Trinajstić information content (AvgIpc) is 2.07. The van der Waals surface area contributed by atoms with E-state index in [4.69, 9.17) is 10.8 Å². The number of nitrogens with two attached hydrogens (primary N) is 1. The van der Waals surface area contributed by atoms with Crippen molar-refractivity contribution in [2.45, 2.75) is 12.5 Å². The molecule has 0 aromatic carbocycles. The lowest BCUT2D eigenvalue weighted by atomic mass is 10.1. The molecule has 0 fully saturated rings. The first-order valence-corrected chi connectivity index (χ1v) is 3.61. The second kappa shape index (κ2) is 4.05. The van der Waals surface area contributed by atoms with Crippen LogP contribution in [-0.2, 0) is 0 Å². The lowest BCUT2D eigenvalue weighted by Gasteiger charge is -2.08. The fourth-order valence-electron chi connectivity index (χ4n) is 0.916. The van der Waals surface area contributed by atoms with Gasteiger partial charge in [-0.15, -0.1) is 0 Å². The Balaban J connectivity index is 2.61. The molecule has 1 aromatic heterocycles. The lowest BCUT2D eigenvalue weighted by molar-refractivity contribution is 0.276. The molecule has 0 saturated carbocycles. The van der Waals surface area contributed by atoms with Gasteiger partial charge in [0.2, 0.25) is 0 Å². The largest absolute Gasteiger partial charge is 0.396 e. The SMILES string of the molecule is N[C@H](CCO)c1ccncc1. The summed E-state index contributed by atoms with van der Waals surface area (Å²) in [5, 5.41) is 8.60. The summed E-state index contributed by atoms with van der Waals surface area (Å²) in [4.78, 5) is 3.87. The van der Waals surface area contributed by atoms with Crippen LogP contribution in [0.25, 0.3) is 0 Å². The van der Waals surface area contributed by atoms with Crippen LogP contribution in [0.4, 0.5) is 0 Å². The zero-order valence-corrected chi connectivity index (χ0v) is 6.27. The molecule has 0 bridgehead atoms. The topological polar surface area (TPSA) is 59.1 Å². The molecule has 0 aliphatic heterocycles. The Morgan fingerprint density at radius 1 is 1.45 bits per heavy atom. The van der Waals surface area contributed by atoms with Gasteiger partial charge in [0.15, 0.2) is 0 Å². The van der Waals surface area contributed by atoms with Gasteiger partial charge in [0.05, 0.1) is 0 Å². The van der Waals surface area contributed by atoms with Gasteiger partial charge in [-0.3, -0.25) is 4.98 Å². The third kappa shape index (κ3) is 2.29. The number of nitrogens with zero attached hydrogens (tertiary/aromatic N) is 1. The third-order valence-electron chi connectivity index (χ3n) is 1.57. The van der Waals surface area contributed by atoms with E-state index in [1.54, 1.807) is 12.4 Å². The van der Waals surface area contributed by atoms with Gasteiger partial charge in [-0.1, -0.05) is 0 Å². The summed E-state index contributed by atoms with van der Waals surface area (Å²) in [6, 6.07) is 3.66. The molecule has 3 N–H and O–H groups in total. The highest BCUT2D eigenvalue weighted by Crippen LogP contribution is 2.10. The molecule has 0 aliphatic rings. The van der Waals surface area contributed by atoms with Crippen LogP contribution in [0.5, 0.6) is 0 Å². The van der Waals surface area contributed by atoms with Gasteiger partial charge in [0, 0.05) is 25.0 Å². The fraction of sp³-hybridized carbons (Fsp3) is 0.375. The monoisotopic (exact) mass is 152 g/mol. The van der Waals surface area contributed by atoms with E-state index in [0.29, 0.717) is 6.42 Å². The van der Waals surface area contributed by atoms with E-state index >= 15 is 0 Å². The molecule has 0 radical (unpaired) electrons. The van der Waals surface area contributed by atoms with Crippen LogP contribution in [-0.4, -0.2) is 16.7 Å². The molecule has 1 aromatic rings. The van der Waals surface area contributed by atoms with Crippen molar-refractivity contribution in [3.63, 3.8) is 0 Å². The first kappa shape index (κ1) is 8.17. The molecule has 1 rings (SSSR count). The second-order valence-corrected chi connectivity index (χ2v) is 2.40. The summed E-state index contributed by atoms with van der Waals surface area (Å²) in [6.07, 6.45) is 4.00. The first-order chi connectivity index (χ1) is 5.34. The fourth-order valence-corrected chi connectivity index (χ4v) is 0.916. The molecule has 0 spiro atoms. The van der Waals surface area contributed by atoms with Crippen LogP contribution in [0, 0.1) is 0 Å². The maximum atomic E-state index is 8.60. The summed E-state index contributed by atoms with van der Waals surface area (Å²) in [5.41, 5.74) is 6.74. The Kier molecular flexibility index (Phi) is 3.01. The van der Waals surface area contributed by atoms with E-state index < -0.39 is 0 Å². The smallest absolute Gasteiger partial charge is 0.0449 e. The van der Waals surface area contributed by atoms with Gasteiger partial charge in [-0.25, -0.2) is 0 Å². The van der Waals surface area contributed by atoms with Crippen molar-refractivity contribution < 1.29 is 5.11 Å². The minimum Gasteiger partial charge on any atom is -0.396 e. The summed E-state index contributed by atoms with van der Waals surface area (Å²) >= 11 is 0. The van der Waals surface area contributed by atoms with Crippen molar-refractivity contribution in [1.82, 2.24) is 4.98 Å². The predicted octanol–water partition coefficient (Wildman–Crippen LogP) is 0.464. The van der Waals surface area contributed by atoms with Gasteiger partial charge in [-0.05, 0) is 24.1 Å². The summed E-state index contributed by atoms with van der Waals surface area (Å²) in [6.45, 7) is 0.128. The zero-order valence-electron chi connectivity index (χ0n) is 6.27. The van der Waals surface area contributed by atoms with Gasteiger partial charge >= 0.3 is 0 Å². The number of hydrogen-bond donors (Lipinski definition) is 2. The Labute approximate surface area is 65.9 Å². The van der Waals surface area contributed by atoms with E-state index in [9.17, 15) is 0 Å². The Morgan fingerprint density at radius 3 is 2.64 bits per heavy atom. The highest BCUT2D eigenvalue weighted by molar-refractivity contribution is 5.13. The van der Waals surface area contributed by atoms with E-state index in [1.165, 1.54) is 0 Å². The van der Waals surface area contributed by atoms with E-state index in [0.717, 1.165) is 5.56 Å². The minimum atomic E-state index is -0.0667. The molecule has 3 heteroatoms. The molecule has 1 atom stereocenters. The van der Waals surface area contributed by atoms with Gasteiger partial charge in [0.25, 0.3) is 0 Å². The Morgan fingerprint density at radius 2 is 2.09 bits per heavy atom. The van der Waals surface area contributed by atoms with Crippen molar-refractivity contribution in [1.29, 1.82) is 0 Å². The number of aliphatic hydroxyl groups is 1. The van der Waals surface area contributed by atoms with Crippen LogP contribution in [0.1, 0.15) is 18.0 Å². The summed E-state index contributed by atoms with van der Waals surface area (Å²) in [5.74, 6) is 0. The van der Waals surface area contributed by atoms with Crippen molar-refractivity contribution in [2.75, 3.05) is 6.61 Å². The van der Waals surface area contributed by atoms with Gasteiger partial charge in [-0.2, -0.15) is 0 Å². The van der Waals surface area contributed by atoms with Crippen LogP contribution in [0.3, 0.4) is 0 Å². The normalized spacial score (nSPS) is 12.9. The van der Waals surface area contributed by atoms with Crippen molar-refractivity contribution in [3.05, 3.63) is 30.1 Å². The molecule has 0 unspecified atom stereocenters. The van der Waals surface area contributed by atoms with Crippen LogP contribution in [0.2, 0.25) is 0 Å². The third-order valence-corrected chi connectivity index (χ3v) is 1.57. The summed E-state index contributed by atoms with van der Waals surface area (Å²) in [7, 11) is 0. The molecule has 0 amide bonds. The van der Waals surface area contributed by atoms with Gasteiger partial charge < -0.3 is 10.8 Å². The summed E-state index contributed by atoms with van der Waals surface area (Å²) < 4.78 is 0. The highest BCUT2D eigenvalue weighted by atomic mass is 16.3. The molecule has 3 nitrogen and oxygen atoms in total. The first-order valence-electron chi connectivity index (χ1n) is 3.61. The van der Waals surface area contributed by atoms with Crippen molar-refractivity contribution in [2.24, 2.45) is 5.73 Å². The Bertz CT molecular complexity index is 201. The number of aromatic nitrogens is 1. The van der Waals surface area contributed by atoms with Gasteiger partial charge in [0.1, 0.15) is 0 Å². The molecular weight excluding hydrogens is 140 g/mol. The van der Waals surface area contributed by atoms with E-state index in [2.05, 4.69) is 4.98 Å². The molecule has 0 aliphatic carbocycles. The van der Waals surface area contributed by atoms with E-state index in [1.807, 2.05) is 12.1 Å². The maximum Gasteiger partial charge on any atom is 0.0449 e. The lowest BCUT2D eigenvalue weighted by Crippen LogP contribution is -2.11. The molecular formula is C8H12N2O. The zero-order chi connectivity index (χ0) is 8.10. The molecule has 0 saturated heterocycles. The number of rotatable bonds is 3. The molecule has 1 heterocycles. The predicted molar refractivity (Wildman–Crippen MR) is 42.9 cm³/mol. The highest BCUT2D eigenvalue weighted by Gasteiger charge is 2.02. The standard InChI is InChI=1S/C8H12N2O/c9-8(3-6-11)7-1-4-10-5-2-7/h1-2,4-5,8,11H,3,6,9H2/t8-/m1/s1. The molecule has 60 valence electrons. The van der Waals surface area contributed by atoms with E-state index in [-0.39, 0.29) is 12.6 Å². The van der Waals surface area contributed by atoms with Crippen LogP contribution >= 0.6 is 0 Å². The Hall–Kier alpha value is -0.930. The second-order valence-electron chi connectivity index (χ2n) is 2.40. The van der Waals surface area contributed by atoms with Crippen molar-refractivity contribution >= 4 is 0 Å². The average molecular weight is 152 g/mol. The maximum absolute atomic E-state index is 8.60. The minimum absolute atomic E-state index is 0.0667. The molecule has 11 heavy (non-hydrogen) atoms.